The average molecular weight is 405 g/mol. The Labute approximate surface area is 168 Å². The molecule has 7 heteroatoms. The number of carbonyl (C=O) groups excluding carboxylic acids is 1. The van der Waals surface area contributed by atoms with Gasteiger partial charge in [0.25, 0.3) is 5.91 Å². The van der Waals surface area contributed by atoms with Crippen LogP contribution >= 0.6 is 0 Å². The fourth-order valence-electron chi connectivity index (χ4n) is 3.10. The second-order valence-corrected chi connectivity index (χ2v) is 8.88. The number of carbonyl (C=O) groups is 1. The van der Waals surface area contributed by atoms with Gasteiger partial charge >= 0.3 is 0 Å². The summed E-state index contributed by atoms with van der Waals surface area (Å²) in [6.07, 6.45) is 3.05. The predicted molar refractivity (Wildman–Crippen MR) is 113 cm³/mol. The first-order valence-electron chi connectivity index (χ1n) is 8.98. The molecule has 0 saturated carbocycles. The van der Waals surface area contributed by atoms with Crippen molar-refractivity contribution in [3.05, 3.63) is 84.1 Å². The molecule has 0 bridgehead atoms. The molecule has 0 aliphatic rings. The molecule has 2 heterocycles. The molecule has 4 rings (SSSR count). The van der Waals surface area contributed by atoms with Gasteiger partial charge in [-0.2, -0.15) is 0 Å². The third kappa shape index (κ3) is 3.77. The van der Waals surface area contributed by atoms with E-state index in [1.807, 2.05) is 60.0 Å². The number of aromatic nitrogens is 2. The van der Waals surface area contributed by atoms with Crippen molar-refractivity contribution in [1.82, 2.24) is 9.38 Å². The lowest BCUT2D eigenvalue weighted by molar-refractivity contribution is 0.102. The van der Waals surface area contributed by atoms with Crippen LogP contribution in [0.4, 0.5) is 5.82 Å². The minimum absolute atomic E-state index is 0.171. The second-order valence-electron chi connectivity index (χ2n) is 6.86. The number of imidazole rings is 1. The molecule has 4 aromatic rings. The summed E-state index contributed by atoms with van der Waals surface area (Å²) in [5, 5.41) is 2.95. The van der Waals surface area contributed by atoms with Crippen molar-refractivity contribution in [2.45, 2.75) is 11.8 Å². The fourth-order valence-corrected chi connectivity index (χ4v) is 3.73. The van der Waals surface area contributed by atoms with Crippen molar-refractivity contribution in [2.75, 3.05) is 11.6 Å². The number of benzene rings is 2. The van der Waals surface area contributed by atoms with Crippen molar-refractivity contribution in [3.63, 3.8) is 0 Å². The number of nitrogens with one attached hydrogen (secondary N) is 1. The summed E-state index contributed by atoms with van der Waals surface area (Å²) in [5.74, 6) is 0.220. The Morgan fingerprint density at radius 1 is 0.966 bits per heavy atom. The normalized spacial score (nSPS) is 11.5. The smallest absolute Gasteiger partial charge is 0.256 e. The van der Waals surface area contributed by atoms with E-state index in [1.165, 1.54) is 24.3 Å². The molecule has 0 atom stereocenters. The van der Waals surface area contributed by atoms with Gasteiger partial charge in [-0.05, 0) is 42.8 Å². The number of hydrogen-bond donors (Lipinski definition) is 1. The van der Waals surface area contributed by atoms with Crippen LogP contribution in [0.2, 0.25) is 0 Å². The van der Waals surface area contributed by atoms with Crippen LogP contribution in [0.1, 0.15) is 15.9 Å². The zero-order valence-corrected chi connectivity index (χ0v) is 16.8. The molecular weight excluding hydrogens is 386 g/mol. The molecule has 0 saturated heterocycles. The van der Waals surface area contributed by atoms with Crippen molar-refractivity contribution in [1.29, 1.82) is 0 Å². The molecule has 0 unspecified atom stereocenters. The van der Waals surface area contributed by atoms with Crippen molar-refractivity contribution >= 4 is 27.2 Å². The molecule has 1 N–H and O–H groups in total. The van der Waals surface area contributed by atoms with Gasteiger partial charge in [0.1, 0.15) is 17.2 Å². The van der Waals surface area contributed by atoms with Crippen LogP contribution < -0.4 is 5.32 Å². The molecule has 6 nitrogen and oxygen atoms in total. The largest absolute Gasteiger partial charge is 0.306 e. The van der Waals surface area contributed by atoms with E-state index in [0.717, 1.165) is 23.0 Å². The standard InChI is InChI=1S/C22H19N3O3S/c1-15-8-13-19-23-20(16-6-4-3-5-7-16)21(25(19)14-15)24-22(26)17-9-11-18(12-10-17)29(2,27)28/h3-14H,1-2H3,(H,24,26). The van der Waals surface area contributed by atoms with Gasteiger partial charge in [-0.15, -0.1) is 0 Å². The van der Waals surface area contributed by atoms with Crippen molar-refractivity contribution in [2.24, 2.45) is 0 Å². The quantitative estimate of drug-likeness (QED) is 0.557. The van der Waals surface area contributed by atoms with E-state index in [4.69, 9.17) is 0 Å². The third-order valence-electron chi connectivity index (χ3n) is 4.59. The van der Waals surface area contributed by atoms with Gasteiger partial charge in [0.15, 0.2) is 9.84 Å². The zero-order valence-electron chi connectivity index (χ0n) is 16.0. The Morgan fingerprint density at radius 3 is 2.31 bits per heavy atom. The van der Waals surface area contributed by atoms with Crippen molar-refractivity contribution in [3.8, 4) is 11.3 Å². The lowest BCUT2D eigenvalue weighted by Gasteiger charge is -2.09. The van der Waals surface area contributed by atoms with Gasteiger partial charge in [0.2, 0.25) is 0 Å². The zero-order chi connectivity index (χ0) is 20.6. The first kappa shape index (κ1) is 18.9. The van der Waals surface area contributed by atoms with E-state index < -0.39 is 9.84 Å². The van der Waals surface area contributed by atoms with E-state index >= 15 is 0 Å². The molecule has 0 aliphatic carbocycles. The van der Waals surface area contributed by atoms with E-state index in [2.05, 4.69) is 10.3 Å². The summed E-state index contributed by atoms with van der Waals surface area (Å²) in [6.45, 7) is 1.97. The summed E-state index contributed by atoms with van der Waals surface area (Å²) in [6, 6.07) is 19.4. The first-order valence-corrected chi connectivity index (χ1v) is 10.9. The number of rotatable bonds is 4. The third-order valence-corrected chi connectivity index (χ3v) is 5.72. The Morgan fingerprint density at radius 2 is 1.66 bits per heavy atom. The number of sulfone groups is 1. The number of amides is 1. The fraction of sp³-hybridized carbons (Fsp3) is 0.0909. The molecule has 0 aliphatic heterocycles. The van der Waals surface area contributed by atoms with E-state index in [9.17, 15) is 13.2 Å². The van der Waals surface area contributed by atoms with Crippen LogP contribution in [0.5, 0.6) is 0 Å². The Hall–Kier alpha value is -3.45. The topological polar surface area (TPSA) is 80.5 Å². The molecular formula is C22H19N3O3S. The van der Waals surface area contributed by atoms with Gasteiger partial charge in [-0.25, -0.2) is 13.4 Å². The van der Waals surface area contributed by atoms with Gasteiger partial charge < -0.3 is 5.32 Å². The summed E-state index contributed by atoms with van der Waals surface area (Å²) >= 11 is 0. The van der Waals surface area contributed by atoms with Crippen LogP contribution in [0, 0.1) is 6.92 Å². The lowest BCUT2D eigenvalue weighted by Crippen LogP contribution is -2.14. The lowest BCUT2D eigenvalue weighted by atomic mass is 10.1. The van der Waals surface area contributed by atoms with E-state index in [1.54, 1.807) is 0 Å². The molecule has 0 spiro atoms. The Bertz CT molecular complexity index is 1310. The highest BCUT2D eigenvalue weighted by Crippen LogP contribution is 2.29. The number of hydrogen-bond acceptors (Lipinski definition) is 4. The van der Waals surface area contributed by atoms with Gasteiger partial charge in [-0.3, -0.25) is 9.20 Å². The summed E-state index contributed by atoms with van der Waals surface area (Å²) < 4.78 is 25.1. The maximum Gasteiger partial charge on any atom is 0.256 e. The maximum absolute atomic E-state index is 12.9. The summed E-state index contributed by atoms with van der Waals surface area (Å²) in [4.78, 5) is 17.7. The maximum atomic E-state index is 12.9. The molecule has 29 heavy (non-hydrogen) atoms. The SMILES string of the molecule is Cc1ccc2nc(-c3ccccc3)c(NC(=O)c3ccc(S(C)(=O)=O)cc3)n2c1. The molecule has 0 fully saturated rings. The average Bonchev–Trinajstić information content (AvgIpc) is 3.05. The Balaban J connectivity index is 1.77. The molecule has 146 valence electrons. The van der Waals surface area contributed by atoms with E-state index in [-0.39, 0.29) is 10.8 Å². The summed E-state index contributed by atoms with van der Waals surface area (Å²) in [7, 11) is -3.32. The highest BCUT2D eigenvalue weighted by atomic mass is 32.2. The molecule has 0 radical (unpaired) electrons. The molecule has 2 aromatic carbocycles. The van der Waals surface area contributed by atoms with Crippen LogP contribution in [-0.4, -0.2) is 30.0 Å². The second kappa shape index (κ2) is 7.18. The summed E-state index contributed by atoms with van der Waals surface area (Å²) in [5.41, 5.74) is 3.66. The van der Waals surface area contributed by atoms with Gasteiger partial charge in [0.05, 0.1) is 4.90 Å². The van der Waals surface area contributed by atoms with Crippen LogP contribution in [-0.2, 0) is 9.84 Å². The first-order chi connectivity index (χ1) is 13.8. The highest BCUT2D eigenvalue weighted by Gasteiger charge is 2.18. The monoisotopic (exact) mass is 405 g/mol. The van der Waals surface area contributed by atoms with E-state index in [0.29, 0.717) is 17.1 Å². The Kier molecular flexibility index (Phi) is 4.68. The minimum atomic E-state index is -3.32. The highest BCUT2D eigenvalue weighted by molar-refractivity contribution is 7.90. The number of pyridine rings is 1. The number of nitrogens with zero attached hydrogens (tertiary/aromatic N) is 2. The van der Waals surface area contributed by atoms with Gasteiger partial charge in [-0.1, -0.05) is 36.4 Å². The predicted octanol–water partition coefficient (Wildman–Crippen LogP) is 3.97. The molecule has 2 aromatic heterocycles. The van der Waals surface area contributed by atoms with Gasteiger partial charge in [0, 0.05) is 23.6 Å². The number of aryl methyl sites for hydroxylation is 1. The number of fused-ring (bicyclic) bond motifs is 1. The van der Waals surface area contributed by atoms with Crippen molar-refractivity contribution < 1.29 is 13.2 Å². The molecule has 1 amide bonds. The number of anilines is 1. The van der Waals surface area contributed by atoms with Crippen LogP contribution in [0.3, 0.4) is 0 Å². The minimum Gasteiger partial charge on any atom is -0.306 e. The van der Waals surface area contributed by atoms with Crippen LogP contribution in [0.15, 0.2) is 77.8 Å². The van der Waals surface area contributed by atoms with Crippen LogP contribution in [0.25, 0.3) is 16.9 Å².